The first kappa shape index (κ1) is 16.7. The molecule has 6 heteroatoms. The molecule has 0 N–H and O–H groups in total. The van der Waals surface area contributed by atoms with Crippen LogP contribution in [-0.2, 0) is 14.8 Å². The number of carbonyl (C=O) groups excluding carboxylic acids is 1. The van der Waals surface area contributed by atoms with E-state index in [1.165, 1.54) is 4.31 Å². The highest BCUT2D eigenvalue weighted by Gasteiger charge is 2.40. The van der Waals surface area contributed by atoms with E-state index in [9.17, 15) is 13.2 Å². The van der Waals surface area contributed by atoms with Crippen LogP contribution < -0.4 is 4.74 Å². The maximum absolute atomic E-state index is 12.9. The van der Waals surface area contributed by atoms with Crippen molar-refractivity contribution in [1.29, 1.82) is 0 Å². The molecule has 1 aliphatic heterocycles. The van der Waals surface area contributed by atoms with E-state index in [0.29, 0.717) is 5.75 Å². The second-order valence-corrected chi connectivity index (χ2v) is 7.79. The van der Waals surface area contributed by atoms with E-state index in [-0.39, 0.29) is 23.6 Å². The Kier molecular flexibility index (Phi) is 4.43. The summed E-state index contributed by atoms with van der Waals surface area (Å²) in [5.74, 6) is 0.613. The van der Waals surface area contributed by atoms with Crippen LogP contribution in [0.15, 0.2) is 53.4 Å². The average molecular weight is 345 g/mol. The highest BCUT2D eigenvalue weighted by molar-refractivity contribution is 7.89. The van der Waals surface area contributed by atoms with Gasteiger partial charge in [0.1, 0.15) is 11.5 Å². The lowest BCUT2D eigenvalue weighted by atomic mass is 10.1. The maximum atomic E-state index is 12.9. The number of Topliss-reactive ketones (excluding diaryl/α,β-unsaturated/α-hetero) is 1. The van der Waals surface area contributed by atoms with Gasteiger partial charge in [-0.2, -0.15) is 4.31 Å². The first-order valence-electron chi connectivity index (χ1n) is 7.66. The Hall–Kier alpha value is -2.18. The number of ether oxygens (including phenoxy) is 1. The third-order valence-electron chi connectivity index (χ3n) is 4.23. The summed E-state index contributed by atoms with van der Waals surface area (Å²) in [6.45, 7) is 1.81. The van der Waals surface area contributed by atoms with E-state index < -0.39 is 16.1 Å². The molecule has 1 unspecified atom stereocenters. The van der Waals surface area contributed by atoms with Gasteiger partial charge in [0.2, 0.25) is 10.0 Å². The van der Waals surface area contributed by atoms with Crippen molar-refractivity contribution in [2.24, 2.45) is 0 Å². The van der Waals surface area contributed by atoms with Gasteiger partial charge in [0.25, 0.3) is 0 Å². The van der Waals surface area contributed by atoms with Crippen molar-refractivity contribution in [3.63, 3.8) is 0 Å². The molecule has 24 heavy (non-hydrogen) atoms. The molecule has 3 rings (SSSR count). The first-order chi connectivity index (χ1) is 11.4. The molecule has 0 spiro atoms. The predicted octanol–water partition coefficient (Wildman–Crippen LogP) is 2.71. The van der Waals surface area contributed by atoms with Gasteiger partial charge in [0.05, 0.1) is 24.6 Å². The number of aryl methyl sites for hydroxylation is 1. The number of methoxy groups -OCH3 is 1. The fraction of sp³-hybridized carbons (Fsp3) is 0.278. The Balaban J connectivity index is 1.97. The summed E-state index contributed by atoms with van der Waals surface area (Å²) in [6, 6.07) is 13.4. The van der Waals surface area contributed by atoms with Gasteiger partial charge >= 0.3 is 0 Å². The molecule has 2 aromatic rings. The second-order valence-electron chi connectivity index (χ2n) is 5.90. The van der Waals surface area contributed by atoms with Crippen LogP contribution in [0.1, 0.15) is 23.6 Å². The molecule has 126 valence electrons. The van der Waals surface area contributed by atoms with Crippen molar-refractivity contribution in [2.75, 3.05) is 13.7 Å². The number of hydrogen-bond acceptors (Lipinski definition) is 4. The summed E-state index contributed by atoms with van der Waals surface area (Å²) in [5, 5.41) is 0. The Labute approximate surface area is 141 Å². The number of benzene rings is 2. The fourth-order valence-corrected chi connectivity index (χ4v) is 4.47. The molecule has 0 amide bonds. The van der Waals surface area contributed by atoms with Gasteiger partial charge in [-0.25, -0.2) is 8.42 Å². The molecule has 0 aliphatic carbocycles. The van der Waals surface area contributed by atoms with E-state index in [1.807, 2.05) is 6.92 Å². The Morgan fingerprint density at radius 3 is 2.25 bits per heavy atom. The zero-order chi connectivity index (χ0) is 17.3. The normalized spacial score (nSPS) is 18.8. The molecule has 0 bridgehead atoms. The van der Waals surface area contributed by atoms with Crippen molar-refractivity contribution in [2.45, 2.75) is 24.3 Å². The molecule has 1 heterocycles. The van der Waals surface area contributed by atoms with Crippen LogP contribution in [0.3, 0.4) is 0 Å². The topological polar surface area (TPSA) is 63.7 Å². The molecular formula is C18H19NO4S. The van der Waals surface area contributed by atoms with Crippen LogP contribution in [0.5, 0.6) is 5.75 Å². The Morgan fingerprint density at radius 2 is 1.67 bits per heavy atom. The van der Waals surface area contributed by atoms with Gasteiger partial charge < -0.3 is 4.74 Å². The molecule has 1 saturated heterocycles. The van der Waals surface area contributed by atoms with Crippen LogP contribution >= 0.6 is 0 Å². The van der Waals surface area contributed by atoms with E-state index in [1.54, 1.807) is 55.6 Å². The number of carbonyl (C=O) groups is 1. The third kappa shape index (κ3) is 3.07. The molecule has 2 aromatic carbocycles. The van der Waals surface area contributed by atoms with Crippen LogP contribution in [0.4, 0.5) is 0 Å². The minimum absolute atomic E-state index is 0.0773. The number of hydrogen-bond donors (Lipinski definition) is 0. The lowest BCUT2D eigenvalue weighted by Gasteiger charge is -2.23. The minimum atomic E-state index is -3.72. The summed E-state index contributed by atoms with van der Waals surface area (Å²) in [5.41, 5.74) is 1.77. The minimum Gasteiger partial charge on any atom is -0.497 e. The number of rotatable bonds is 4. The summed E-state index contributed by atoms with van der Waals surface area (Å²) >= 11 is 0. The monoisotopic (exact) mass is 345 g/mol. The standard InChI is InChI=1S/C18H19NO4S/c1-13-3-9-17(10-4-13)24(21,22)19-12-15(20)11-18(19)14-5-7-16(23-2)8-6-14/h3-10,18H,11-12H2,1-2H3. The van der Waals surface area contributed by atoms with Gasteiger partial charge in [-0.05, 0) is 36.8 Å². The highest BCUT2D eigenvalue weighted by atomic mass is 32.2. The van der Waals surface area contributed by atoms with Gasteiger partial charge in [-0.3, -0.25) is 4.79 Å². The number of ketones is 1. The van der Waals surface area contributed by atoms with Crippen LogP contribution in [0.2, 0.25) is 0 Å². The van der Waals surface area contributed by atoms with Gasteiger partial charge in [-0.1, -0.05) is 29.8 Å². The molecule has 1 aliphatic rings. The number of nitrogens with zero attached hydrogens (tertiary/aromatic N) is 1. The van der Waals surface area contributed by atoms with Crippen molar-refractivity contribution in [3.05, 3.63) is 59.7 Å². The molecule has 5 nitrogen and oxygen atoms in total. The third-order valence-corrected chi connectivity index (χ3v) is 6.10. The van der Waals surface area contributed by atoms with Crippen LogP contribution in [-0.4, -0.2) is 32.2 Å². The van der Waals surface area contributed by atoms with E-state index >= 15 is 0 Å². The molecule has 1 atom stereocenters. The van der Waals surface area contributed by atoms with Crippen molar-refractivity contribution in [3.8, 4) is 5.75 Å². The fourth-order valence-electron chi connectivity index (χ4n) is 2.87. The lowest BCUT2D eigenvalue weighted by molar-refractivity contribution is -0.116. The van der Waals surface area contributed by atoms with E-state index in [0.717, 1.165) is 11.1 Å². The summed E-state index contributed by atoms with van der Waals surface area (Å²) in [4.78, 5) is 12.2. The first-order valence-corrected chi connectivity index (χ1v) is 9.10. The highest BCUT2D eigenvalue weighted by Crippen LogP contribution is 2.35. The predicted molar refractivity (Wildman–Crippen MR) is 90.4 cm³/mol. The summed E-state index contributed by atoms with van der Waals surface area (Å²) in [7, 11) is -2.15. The van der Waals surface area contributed by atoms with E-state index in [2.05, 4.69) is 0 Å². The molecule has 0 aromatic heterocycles. The Bertz CT molecular complexity index is 842. The zero-order valence-electron chi connectivity index (χ0n) is 13.6. The summed E-state index contributed by atoms with van der Waals surface area (Å²) < 4.78 is 32.3. The van der Waals surface area contributed by atoms with Gasteiger partial charge in [-0.15, -0.1) is 0 Å². The largest absolute Gasteiger partial charge is 0.497 e. The zero-order valence-corrected chi connectivity index (χ0v) is 14.4. The van der Waals surface area contributed by atoms with E-state index in [4.69, 9.17) is 4.74 Å². The maximum Gasteiger partial charge on any atom is 0.244 e. The van der Waals surface area contributed by atoms with Crippen molar-refractivity contribution >= 4 is 15.8 Å². The van der Waals surface area contributed by atoms with Crippen LogP contribution in [0.25, 0.3) is 0 Å². The SMILES string of the molecule is COc1ccc(C2CC(=O)CN2S(=O)(=O)c2ccc(C)cc2)cc1. The quantitative estimate of drug-likeness (QED) is 0.855. The molecular weight excluding hydrogens is 326 g/mol. The second kappa shape index (κ2) is 6.37. The molecule has 1 fully saturated rings. The van der Waals surface area contributed by atoms with Crippen molar-refractivity contribution < 1.29 is 17.9 Å². The van der Waals surface area contributed by atoms with Gasteiger partial charge in [0.15, 0.2) is 0 Å². The Morgan fingerprint density at radius 1 is 1.04 bits per heavy atom. The summed E-state index contributed by atoms with van der Waals surface area (Å²) in [6.07, 6.45) is 0.192. The number of sulfonamides is 1. The smallest absolute Gasteiger partial charge is 0.244 e. The van der Waals surface area contributed by atoms with Crippen molar-refractivity contribution in [1.82, 2.24) is 4.31 Å². The lowest BCUT2D eigenvalue weighted by Crippen LogP contribution is -2.31. The molecule has 0 radical (unpaired) electrons. The van der Waals surface area contributed by atoms with Gasteiger partial charge in [0, 0.05) is 6.42 Å². The molecule has 0 saturated carbocycles. The average Bonchev–Trinajstić information content (AvgIpc) is 2.98. The van der Waals surface area contributed by atoms with Crippen LogP contribution in [0, 0.1) is 6.92 Å².